The van der Waals surface area contributed by atoms with E-state index < -0.39 is 0 Å². The summed E-state index contributed by atoms with van der Waals surface area (Å²) in [5.74, 6) is 2.21. The molecule has 5 heteroatoms. The van der Waals surface area contributed by atoms with Gasteiger partial charge in [-0.25, -0.2) is 0 Å². The van der Waals surface area contributed by atoms with Crippen LogP contribution in [0.2, 0.25) is 5.02 Å². The Morgan fingerprint density at radius 2 is 1.91 bits per heavy atom. The Kier molecular flexibility index (Phi) is 4.63. The van der Waals surface area contributed by atoms with E-state index in [0.717, 1.165) is 11.3 Å². The largest absolute Gasteiger partial charge is 0.485 e. The minimum atomic E-state index is 0.255. The standard InChI is InChI=1S/C18H17ClN2O2/c1-12(2)13-6-8-16(9-7-13)22-11-17-20-18(23-21-17)14-4-3-5-15(19)10-14/h3-10,12H,11H2,1-2H3. The first kappa shape index (κ1) is 15.6. The SMILES string of the molecule is CC(C)c1ccc(OCc2noc(-c3cccc(Cl)c3)n2)cc1. The Morgan fingerprint density at radius 1 is 1.13 bits per heavy atom. The van der Waals surface area contributed by atoms with Crippen LogP contribution in [0.1, 0.15) is 31.2 Å². The lowest BCUT2D eigenvalue weighted by molar-refractivity contribution is 0.287. The van der Waals surface area contributed by atoms with Crippen molar-refractivity contribution in [2.75, 3.05) is 0 Å². The van der Waals surface area contributed by atoms with E-state index in [1.807, 2.05) is 24.3 Å². The summed E-state index contributed by atoms with van der Waals surface area (Å²) in [6.45, 7) is 4.57. The van der Waals surface area contributed by atoms with Crippen LogP contribution in [0, 0.1) is 0 Å². The summed E-state index contributed by atoms with van der Waals surface area (Å²) < 4.78 is 10.9. The number of halogens is 1. The maximum Gasteiger partial charge on any atom is 0.258 e. The van der Waals surface area contributed by atoms with Crippen molar-refractivity contribution in [2.24, 2.45) is 0 Å². The molecule has 0 saturated heterocycles. The maximum absolute atomic E-state index is 5.96. The van der Waals surface area contributed by atoms with E-state index in [-0.39, 0.29) is 6.61 Å². The van der Waals surface area contributed by atoms with Crippen LogP contribution in [0.5, 0.6) is 5.75 Å². The number of ether oxygens (including phenoxy) is 1. The van der Waals surface area contributed by atoms with Gasteiger partial charge in [-0.1, -0.05) is 48.8 Å². The molecule has 0 amide bonds. The molecule has 3 rings (SSSR count). The molecule has 0 bridgehead atoms. The van der Waals surface area contributed by atoms with Crippen LogP contribution in [0.4, 0.5) is 0 Å². The molecule has 4 nitrogen and oxygen atoms in total. The topological polar surface area (TPSA) is 48.2 Å². The van der Waals surface area contributed by atoms with Gasteiger partial charge in [0.25, 0.3) is 5.89 Å². The van der Waals surface area contributed by atoms with Crippen LogP contribution >= 0.6 is 11.6 Å². The zero-order chi connectivity index (χ0) is 16.2. The van der Waals surface area contributed by atoms with Crippen molar-refractivity contribution in [3.05, 3.63) is 64.9 Å². The fraction of sp³-hybridized carbons (Fsp3) is 0.222. The molecule has 0 aliphatic carbocycles. The molecule has 1 heterocycles. The van der Waals surface area contributed by atoms with Gasteiger partial charge in [0.2, 0.25) is 5.82 Å². The predicted molar refractivity (Wildman–Crippen MR) is 89.6 cm³/mol. The summed E-state index contributed by atoms with van der Waals surface area (Å²) in [6, 6.07) is 15.3. The van der Waals surface area contributed by atoms with Crippen LogP contribution in [-0.4, -0.2) is 10.1 Å². The second kappa shape index (κ2) is 6.84. The van der Waals surface area contributed by atoms with Gasteiger partial charge in [-0.2, -0.15) is 4.98 Å². The average Bonchev–Trinajstić information content (AvgIpc) is 3.02. The molecular weight excluding hydrogens is 312 g/mol. The molecule has 1 aromatic heterocycles. The molecule has 0 aliphatic heterocycles. The van der Waals surface area contributed by atoms with Crippen LogP contribution in [0.15, 0.2) is 53.1 Å². The van der Waals surface area contributed by atoms with Crippen molar-refractivity contribution in [3.63, 3.8) is 0 Å². The molecule has 23 heavy (non-hydrogen) atoms. The minimum absolute atomic E-state index is 0.255. The third kappa shape index (κ3) is 3.90. The molecule has 0 atom stereocenters. The molecule has 0 N–H and O–H groups in total. The van der Waals surface area contributed by atoms with Gasteiger partial charge in [0.1, 0.15) is 5.75 Å². The third-order valence-electron chi connectivity index (χ3n) is 3.45. The number of hydrogen-bond acceptors (Lipinski definition) is 4. The summed E-state index contributed by atoms with van der Waals surface area (Å²) in [5.41, 5.74) is 2.07. The first-order valence-corrected chi connectivity index (χ1v) is 7.81. The van der Waals surface area contributed by atoms with Crippen LogP contribution in [0.25, 0.3) is 11.5 Å². The summed E-state index contributed by atoms with van der Waals surface area (Å²) in [7, 11) is 0. The van der Waals surface area contributed by atoms with Gasteiger partial charge in [-0.05, 0) is 41.8 Å². The van der Waals surface area contributed by atoms with Crippen molar-refractivity contribution in [2.45, 2.75) is 26.4 Å². The smallest absolute Gasteiger partial charge is 0.258 e. The van der Waals surface area contributed by atoms with Crippen LogP contribution in [0.3, 0.4) is 0 Å². The van der Waals surface area contributed by atoms with E-state index in [0.29, 0.717) is 22.7 Å². The number of benzene rings is 2. The molecular formula is C18H17ClN2O2. The Hall–Kier alpha value is -2.33. The number of hydrogen-bond donors (Lipinski definition) is 0. The van der Waals surface area contributed by atoms with Gasteiger partial charge in [0, 0.05) is 10.6 Å². The van der Waals surface area contributed by atoms with Crippen LogP contribution in [-0.2, 0) is 6.61 Å². The molecule has 118 valence electrons. The second-order valence-corrected chi connectivity index (χ2v) is 5.97. The van der Waals surface area contributed by atoms with Crippen LogP contribution < -0.4 is 4.74 Å². The lowest BCUT2D eigenvalue weighted by atomic mass is 10.0. The first-order valence-electron chi connectivity index (χ1n) is 7.43. The quantitative estimate of drug-likeness (QED) is 0.654. The fourth-order valence-electron chi connectivity index (χ4n) is 2.15. The highest BCUT2D eigenvalue weighted by atomic mass is 35.5. The fourth-order valence-corrected chi connectivity index (χ4v) is 2.34. The van der Waals surface area contributed by atoms with Gasteiger partial charge in [-0.3, -0.25) is 0 Å². The summed E-state index contributed by atoms with van der Waals surface area (Å²) in [4.78, 5) is 4.32. The Morgan fingerprint density at radius 3 is 2.61 bits per heavy atom. The predicted octanol–water partition coefficient (Wildman–Crippen LogP) is 5.09. The maximum atomic E-state index is 5.96. The average molecular weight is 329 g/mol. The molecule has 0 saturated carbocycles. The molecule has 0 radical (unpaired) electrons. The van der Waals surface area contributed by atoms with E-state index in [1.54, 1.807) is 12.1 Å². The lowest BCUT2D eigenvalue weighted by Crippen LogP contribution is -1.98. The van der Waals surface area contributed by atoms with E-state index in [4.69, 9.17) is 20.9 Å². The van der Waals surface area contributed by atoms with Crippen molar-refractivity contribution >= 4 is 11.6 Å². The number of aromatic nitrogens is 2. The molecule has 0 unspecified atom stereocenters. The molecule has 2 aromatic carbocycles. The molecule has 0 aliphatic rings. The van der Waals surface area contributed by atoms with Crippen molar-refractivity contribution in [1.29, 1.82) is 0 Å². The first-order chi connectivity index (χ1) is 11.1. The van der Waals surface area contributed by atoms with Crippen molar-refractivity contribution in [3.8, 4) is 17.2 Å². The highest BCUT2D eigenvalue weighted by Gasteiger charge is 2.10. The highest BCUT2D eigenvalue weighted by Crippen LogP contribution is 2.22. The number of nitrogens with zero attached hydrogens (tertiary/aromatic N) is 2. The monoisotopic (exact) mass is 328 g/mol. The normalized spacial score (nSPS) is 11.0. The van der Waals surface area contributed by atoms with E-state index in [2.05, 4.69) is 36.1 Å². The van der Waals surface area contributed by atoms with E-state index in [9.17, 15) is 0 Å². The minimum Gasteiger partial charge on any atom is -0.485 e. The Labute approximate surface area is 140 Å². The van der Waals surface area contributed by atoms with E-state index in [1.165, 1.54) is 5.56 Å². The molecule has 3 aromatic rings. The second-order valence-electron chi connectivity index (χ2n) is 5.54. The van der Waals surface area contributed by atoms with Gasteiger partial charge in [-0.15, -0.1) is 0 Å². The summed E-state index contributed by atoms with van der Waals surface area (Å²) >= 11 is 5.96. The lowest BCUT2D eigenvalue weighted by Gasteiger charge is -2.07. The van der Waals surface area contributed by atoms with Gasteiger partial charge >= 0.3 is 0 Å². The van der Waals surface area contributed by atoms with Crippen molar-refractivity contribution < 1.29 is 9.26 Å². The van der Waals surface area contributed by atoms with Crippen molar-refractivity contribution in [1.82, 2.24) is 10.1 Å². The molecule has 0 spiro atoms. The zero-order valence-corrected chi connectivity index (χ0v) is 13.7. The summed E-state index contributed by atoms with van der Waals surface area (Å²) in [6.07, 6.45) is 0. The molecule has 0 fully saturated rings. The van der Waals surface area contributed by atoms with Gasteiger partial charge in [0.05, 0.1) is 0 Å². The summed E-state index contributed by atoms with van der Waals surface area (Å²) in [5, 5.41) is 4.56. The highest BCUT2D eigenvalue weighted by molar-refractivity contribution is 6.30. The number of rotatable bonds is 5. The van der Waals surface area contributed by atoms with E-state index >= 15 is 0 Å². The zero-order valence-electron chi connectivity index (χ0n) is 13.0. The Balaban J connectivity index is 1.65. The van der Waals surface area contributed by atoms with Gasteiger partial charge in [0.15, 0.2) is 6.61 Å². The Bertz CT molecular complexity index is 782. The van der Waals surface area contributed by atoms with Gasteiger partial charge < -0.3 is 9.26 Å². The third-order valence-corrected chi connectivity index (χ3v) is 3.69.